The van der Waals surface area contributed by atoms with E-state index >= 15 is 0 Å². The van der Waals surface area contributed by atoms with Gasteiger partial charge < -0.3 is 9.67 Å². The van der Waals surface area contributed by atoms with Gasteiger partial charge in [0.15, 0.2) is 0 Å². The molecule has 0 amide bonds. The monoisotopic (exact) mass is 484 g/mol. The van der Waals surface area contributed by atoms with Crippen LogP contribution in [0.1, 0.15) is 11.1 Å². The normalized spacial score (nSPS) is 13.0. The molecule has 5 aromatic rings. The van der Waals surface area contributed by atoms with Gasteiger partial charge in [-0.15, -0.1) is 0 Å². The van der Waals surface area contributed by atoms with E-state index in [0.717, 1.165) is 32.9 Å². The molecule has 1 heterocycles. The Kier molecular flexibility index (Phi) is 6.43. The molecule has 1 aromatic heterocycles. The van der Waals surface area contributed by atoms with Crippen molar-refractivity contribution in [3.63, 3.8) is 0 Å². The lowest BCUT2D eigenvalue weighted by Gasteiger charge is -2.25. The molecular weight excluding hydrogens is 456 g/mol. The summed E-state index contributed by atoms with van der Waals surface area (Å²) in [6.07, 6.45) is -0.904. The quantitative estimate of drug-likeness (QED) is 0.323. The van der Waals surface area contributed by atoms with Crippen molar-refractivity contribution in [2.45, 2.75) is 31.0 Å². The highest BCUT2D eigenvalue weighted by atomic mass is 32.2. The van der Waals surface area contributed by atoms with Crippen LogP contribution in [0.3, 0.4) is 0 Å². The Morgan fingerprint density at radius 1 is 0.771 bits per heavy atom. The number of nitrogens with zero attached hydrogens (tertiary/aromatic N) is 2. The maximum atomic E-state index is 13.6. The first-order chi connectivity index (χ1) is 16.9. The van der Waals surface area contributed by atoms with E-state index in [4.69, 9.17) is 0 Å². The van der Waals surface area contributed by atoms with E-state index in [-0.39, 0.29) is 24.5 Å². The Labute approximate surface area is 205 Å². The van der Waals surface area contributed by atoms with Crippen molar-refractivity contribution in [2.75, 3.05) is 6.54 Å². The highest BCUT2D eigenvalue weighted by molar-refractivity contribution is 7.89. The molecule has 35 heavy (non-hydrogen) atoms. The van der Waals surface area contributed by atoms with Crippen molar-refractivity contribution in [2.24, 2.45) is 0 Å². The number of hydrogen-bond donors (Lipinski definition) is 1. The van der Waals surface area contributed by atoms with Gasteiger partial charge in [-0.1, -0.05) is 84.4 Å². The SMILES string of the molecule is Cc1ccc(S(=O)(=O)N(Cc2ccccc2)CC(O)Cn2c3ccccc3c3ccccc32)cc1. The third-order valence-electron chi connectivity index (χ3n) is 6.35. The lowest BCUT2D eigenvalue weighted by Crippen LogP contribution is -2.38. The molecule has 0 radical (unpaired) electrons. The molecule has 1 N–H and O–H groups in total. The van der Waals surface area contributed by atoms with Crippen LogP contribution in [0.15, 0.2) is 108 Å². The zero-order chi connectivity index (χ0) is 24.4. The molecule has 0 fully saturated rings. The van der Waals surface area contributed by atoms with E-state index in [9.17, 15) is 13.5 Å². The zero-order valence-corrected chi connectivity index (χ0v) is 20.4. The highest BCUT2D eigenvalue weighted by Gasteiger charge is 2.27. The van der Waals surface area contributed by atoms with Crippen molar-refractivity contribution >= 4 is 31.8 Å². The van der Waals surface area contributed by atoms with Crippen molar-refractivity contribution in [1.29, 1.82) is 0 Å². The summed E-state index contributed by atoms with van der Waals surface area (Å²) in [5.74, 6) is 0. The number of para-hydroxylation sites is 2. The third kappa shape index (κ3) is 4.73. The predicted molar refractivity (Wildman–Crippen MR) is 141 cm³/mol. The molecule has 6 heteroatoms. The van der Waals surface area contributed by atoms with Gasteiger partial charge in [0.2, 0.25) is 10.0 Å². The first-order valence-electron chi connectivity index (χ1n) is 11.7. The van der Waals surface area contributed by atoms with Gasteiger partial charge in [-0.05, 0) is 36.8 Å². The number of aliphatic hydroxyl groups is 1. The van der Waals surface area contributed by atoms with Crippen LogP contribution >= 0.6 is 0 Å². The number of benzene rings is 4. The van der Waals surface area contributed by atoms with Crippen molar-refractivity contribution in [3.05, 3.63) is 114 Å². The number of rotatable bonds is 8. The van der Waals surface area contributed by atoms with Gasteiger partial charge in [0.1, 0.15) is 0 Å². The first kappa shape index (κ1) is 23.3. The molecule has 0 aliphatic carbocycles. The number of sulfonamides is 1. The molecule has 0 bridgehead atoms. The molecule has 4 aromatic carbocycles. The van der Waals surface area contributed by atoms with E-state index in [1.807, 2.05) is 73.7 Å². The van der Waals surface area contributed by atoms with E-state index in [2.05, 4.69) is 16.7 Å². The summed E-state index contributed by atoms with van der Waals surface area (Å²) in [5.41, 5.74) is 3.89. The van der Waals surface area contributed by atoms with Crippen LogP contribution in [0, 0.1) is 6.92 Å². The molecule has 178 valence electrons. The van der Waals surface area contributed by atoms with Crippen LogP contribution in [0.25, 0.3) is 21.8 Å². The second-order valence-corrected chi connectivity index (χ2v) is 10.8. The topological polar surface area (TPSA) is 62.5 Å². The largest absolute Gasteiger partial charge is 0.390 e. The predicted octanol–water partition coefficient (Wildman–Crippen LogP) is 5.35. The minimum absolute atomic E-state index is 0.0219. The second-order valence-electron chi connectivity index (χ2n) is 8.89. The van der Waals surface area contributed by atoms with Crippen LogP contribution in [-0.4, -0.2) is 35.0 Å². The smallest absolute Gasteiger partial charge is 0.243 e. The van der Waals surface area contributed by atoms with Gasteiger partial charge in [-0.25, -0.2) is 8.42 Å². The summed E-state index contributed by atoms with van der Waals surface area (Å²) < 4.78 is 30.7. The van der Waals surface area contributed by atoms with Crippen LogP contribution in [0.4, 0.5) is 0 Å². The Morgan fingerprint density at radius 2 is 1.31 bits per heavy atom. The highest BCUT2D eigenvalue weighted by Crippen LogP contribution is 2.29. The Balaban J connectivity index is 1.48. The van der Waals surface area contributed by atoms with Gasteiger partial charge in [0, 0.05) is 34.9 Å². The average molecular weight is 485 g/mol. The van der Waals surface area contributed by atoms with E-state index in [0.29, 0.717) is 0 Å². The number of fused-ring (bicyclic) bond motifs is 3. The lowest BCUT2D eigenvalue weighted by atomic mass is 10.2. The standard InChI is InChI=1S/C29H28N2O3S/c1-22-15-17-25(18-16-22)35(33,34)30(19-23-9-3-2-4-10-23)20-24(32)21-31-28-13-7-5-11-26(28)27-12-6-8-14-29(27)31/h2-18,24,32H,19-21H2,1H3. The molecule has 0 spiro atoms. The summed E-state index contributed by atoms with van der Waals surface area (Å²) in [5, 5.41) is 13.4. The molecule has 0 saturated carbocycles. The summed E-state index contributed by atoms with van der Waals surface area (Å²) in [6.45, 7) is 2.36. The third-order valence-corrected chi connectivity index (χ3v) is 8.17. The molecule has 0 aliphatic heterocycles. The van der Waals surface area contributed by atoms with Crippen molar-refractivity contribution in [1.82, 2.24) is 8.87 Å². The Bertz CT molecular complexity index is 1510. The van der Waals surface area contributed by atoms with Gasteiger partial charge in [-0.2, -0.15) is 4.31 Å². The van der Waals surface area contributed by atoms with Gasteiger partial charge in [0.05, 0.1) is 17.5 Å². The fourth-order valence-electron chi connectivity index (χ4n) is 4.60. The average Bonchev–Trinajstić information content (AvgIpc) is 3.18. The van der Waals surface area contributed by atoms with Crippen molar-refractivity contribution in [3.8, 4) is 0 Å². The first-order valence-corrected chi connectivity index (χ1v) is 13.1. The minimum Gasteiger partial charge on any atom is -0.390 e. The van der Waals surface area contributed by atoms with Crippen LogP contribution in [0.2, 0.25) is 0 Å². The Hall–Kier alpha value is -3.45. The molecule has 5 nitrogen and oxygen atoms in total. The molecular formula is C29H28N2O3S. The maximum absolute atomic E-state index is 13.6. The van der Waals surface area contributed by atoms with Crippen LogP contribution in [0.5, 0.6) is 0 Å². The van der Waals surface area contributed by atoms with E-state index in [1.54, 1.807) is 24.3 Å². The number of aromatic nitrogens is 1. The van der Waals surface area contributed by atoms with Gasteiger partial charge >= 0.3 is 0 Å². The van der Waals surface area contributed by atoms with Crippen LogP contribution < -0.4 is 0 Å². The molecule has 1 atom stereocenters. The summed E-state index contributed by atoms with van der Waals surface area (Å²) in [7, 11) is -3.81. The van der Waals surface area contributed by atoms with E-state index < -0.39 is 16.1 Å². The number of aryl methyl sites for hydroxylation is 1. The maximum Gasteiger partial charge on any atom is 0.243 e. The zero-order valence-electron chi connectivity index (χ0n) is 19.6. The van der Waals surface area contributed by atoms with E-state index in [1.165, 1.54) is 4.31 Å². The summed E-state index contributed by atoms with van der Waals surface area (Å²) in [4.78, 5) is 0.225. The van der Waals surface area contributed by atoms with Gasteiger partial charge in [-0.3, -0.25) is 0 Å². The lowest BCUT2D eigenvalue weighted by molar-refractivity contribution is 0.128. The fourth-order valence-corrected chi connectivity index (χ4v) is 6.06. The molecule has 1 unspecified atom stereocenters. The minimum atomic E-state index is -3.81. The molecule has 0 saturated heterocycles. The molecule has 0 aliphatic rings. The molecule has 5 rings (SSSR count). The summed E-state index contributed by atoms with van der Waals surface area (Å²) in [6, 6.07) is 32.5. The Morgan fingerprint density at radius 3 is 1.91 bits per heavy atom. The fraction of sp³-hybridized carbons (Fsp3) is 0.172. The summed E-state index contributed by atoms with van der Waals surface area (Å²) >= 11 is 0. The van der Waals surface area contributed by atoms with Gasteiger partial charge in [0.25, 0.3) is 0 Å². The van der Waals surface area contributed by atoms with Crippen molar-refractivity contribution < 1.29 is 13.5 Å². The number of hydrogen-bond acceptors (Lipinski definition) is 3. The number of aliphatic hydroxyl groups excluding tert-OH is 1. The van der Waals surface area contributed by atoms with Crippen LogP contribution in [-0.2, 0) is 23.1 Å². The second kappa shape index (κ2) is 9.66.